The summed E-state index contributed by atoms with van der Waals surface area (Å²) in [6.07, 6.45) is 2.64. The molecule has 0 aliphatic rings. The molecule has 0 amide bonds. The van der Waals surface area contributed by atoms with Crippen molar-refractivity contribution in [3.05, 3.63) is 70.7 Å². The van der Waals surface area contributed by atoms with Gasteiger partial charge in [-0.15, -0.1) is 0 Å². The van der Waals surface area contributed by atoms with Crippen LogP contribution in [-0.2, 0) is 9.84 Å². The van der Waals surface area contributed by atoms with Gasteiger partial charge in [0.1, 0.15) is 15.7 Å². The fourth-order valence-corrected chi connectivity index (χ4v) is 4.60. The molecule has 0 spiro atoms. The van der Waals surface area contributed by atoms with E-state index in [4.69, 9.17) is 9.47 Å². The average Bonchev–Trinajstić information content (AvgIpc) is 3.12. The first-order valence-corrected chi connectivity index (χ1v) is 12.5. The molecule has 1 N–H and O–H groups in total. The molecule has 0 aliphatic carbocycles. The number of halogens is 1. The Labute approximate surface area is 195 Å². The standard InChI is InChI=1S/C23H23FN4O5S/c1-4-33-22-20(32-2)10-9-17(26-22)19(13-34(3,30)31)28-21-18(27-23(28)29)11-15(12-25-21)14-5-7-16(24)8-6-14/h5-12,19H,4,13H2,1-3H3,(H,27,29)/t19-/m1/s1. The van der Waals surface area contributed by atoms with E-state index >= 15 is 0 Å². The van der Waals surface area contributed by atoms with E-state index in [1.165, 1.54) is 23.8 Å². The van der Waals surface area contributed by atoms with Crippen molar-refractivity contribution in [3.8, 4) is 22.8 Å². The molecular formula is C23H23FN4O5S. The third-order valence-electron chi connectivity index (χ3n) is 5.19. The molecular weight excluding hydrogens is 463 g/mol. The minimum absolute atomic E-state index is 0.195. The second-order valence-electron chi connectivity index (χ2n) is 7.69. The minimum atomic E-state index is -3.53. The van der Waals surface area contributed by atoms with Gasteiger partial charge in [0.2, 0.25) is 0 Å². The summed E-state index contributed by atoms with van der Waals surface area (Å²) in [4.78, 5) is 24.6. The Kier molecular flexibility index (Phi) is 6.38. The number of nitrogens with zero attached hydrogens (tertiary/aromatic N) is 3. The number of aromatic amines is 1. The topological polar surface area (TPSA) is 116 Å². The van der Waals surface area contributed by atoms with Crippen molar-refractivity contribution >= 4 is 21.0 Å². The van der Waals surface area contributed by atoms with Crippen LogP contribution in [0.3, 0.4) is 0 Å². The zero-order valence-electron chi connectivity index (χ0n) is 18.8. The molecule has 178 valence electrons. The van der Waals surface area contributed by atoms with Crippen LogP contribution < -0.4 is 15.2 Å². The summed E-state index contributed by atoms with van der Waals surface area (Å²) in [5, 5.41) is 0. The van der Waals surface area contributed by atoms with Gasteiger partial charge in [-0.25, -0.2) is 27.6 Å². The van der Waals surface area contributed by atoms with Gasteiger partial charge >= 0.3 is 5.69 Å². The molecule has 0 bridgehead atoms. The van der Waals surface area contributed by atoms with E-state index in [-0.39, 0.29) is 23.1 Å². The summed E-state index contributed by atoms with van der Waals surface area (Å²) >= 11 is 0. The monoisotopic (exact) mass is 486 g/mol. The molecule has 0 saturated carbocycles. The molecule has 3 heterocycles. The van der Waals surface area contributed by atoms with Crippen molar-refractivity contribution in [2.75, 3.05) is 25.7 Å². The lowest BCUT2D eigenvalue weighted by molar-refractivity contribution is 0.296. The highest BCUT2D eigenvalue weighted by Crippen LogP contribution is 2.30. The fourth-order valence-electron chi connectivity index (χ4n) is 3.70. The van der Waals surface area contributed by atoms with Gasteiger partial charge in [-0.2, -0.15) is 0 Å². The van der Waals surface area contributed by atoms with Gasteiger partial charge in [0.15, 0.2) is 11.4 Å². The Morgan fingerprint density at radius 1 is 1.15 bits per heavy atom. The predicted octanol–water partition coefficient (Wildman–Crippen LogP) is 2.97. The number of fused-ring (bicyclic) bond motifs is 1. The number of rotatable bonds is 8. The van der Waals surface area contributed by atoms with E-state index in [1.54, 1.807) is 43.5 Å². The number of hydrogen-bond donors (Lipinski definition) is 1. The van der Waals surface area contributed by atoms with Gasteiger partial charge in [-0.05, 0) is 42.8 Å². The van der Waals surface area contributed by atoms with E-state index < -0.39 is 21.6 Å². The average molecular weight is 487 g/mol. The summed E-state index contributed by atoms with van der Waals surface area (Å²) in [6, 6.07) is 9.83. The largest absolute Gasteiger partial charge is 0.491 e. The summed E-state index contributed by atoms with van der Waals surface area (Å²) in [5.41, 5.74) is 1.83. The summed E-state index contributed by atoms with van der Waals surface area (Å²) < 4.78 is 50.0. The van der Waals surface area contributed by atoms with Gasteiger partial charge in [0.25, 0.3) is 5.88 Å². The normalized spacial score (nSPS) is 12.6. The Morgan fingerprint density at radius 2 is 1.88 bits per heavy atom. The van der Waals surface area contributed by atoms with Crippen molar-refractivity contribution < 1.29 is 22.3 Å². The van der Waals surface area contributed by atoms with Crippen molar-refractivity contribution in [2.45, 2.75) is 13.0 Å². The lowest BCUT2D eigenvalue weighted by Crippen LogP contribution is -2.29. The minimum Gasteiger partial charge on any atom is -0.491 e. The number of nitrogens with one attached hydrogen (secondary N) is 1. The quantitative estimate of drug-likeness (QED) is 0.407. The van der Waals surface area contributed by atoms with Crippen LogP contribution in [-0.4, -0.2) is 53.7 Å². The van der Waals surface area contributed by atoms with Gasteiger partial charge in [-0.1, -0.05) is 12.1 Å². The number of imidazole rings is 1. The molecule has 9 nitrogen and oxygen atoms in total. The highest BCUT2D eigenvalue weighted by Gasteiger charge is 2.27. The number of methoxy groups -OCH3 is 1. The van der Waals surface area contributed by atoms with Crippen molar-refractivity contribution in [1.29, 1.82) is 0 Å². The van der Waals surface area contributed by atoms with Gasteiger partial charge < -0.3 is 14.5 Å². The fraction of sp³-hybridized carbons (Fsp3) is 0.261. The SMILES string of the molecule is CCOc1nc([C@@H](CS(C)(=O)=O)n2c(=O)[nH]c3cc(-c4ccc(F)cc4)cnc32)ccc1OC. The predicted molar refractivity (Wildman–Crippen MR) is 126 cm³/mol. The summed E-state index contributed by atoms with van der Waals surface area (Å²) in [5.74, 6) is -0.163. The van der Waals surface area contributed by atoms with Crippen LogP contribution in [0, 0.1) is 5.82 Å². The first kappa shape index (κ1) is 23.4. The molecule has 3 aromatic heterocycles. The maximum Gasteiger partial charge on any atom is 0.328 e. The number of benzene rings is 1. The first-order valence-electron chi connectivity index (χ1n) is 10.4. The molecule has 34 heavy (non-hydrogen) atoms. The Bertz CT molecular complexity index is 1500. The van der Waals surface area contributed by atoms with Crippen LogP contribution in [0.4, 0.5) is 4.39 Å². The van der Waals surface area contributed by atoms with Crippen LogP contribution in [0.1, 0.15) is 18.7 Å². The number of ether oxygens (including phenoxy) is 2. The Hall–Kier alpha value is -3.73. The highest BCUT2D eigenvalue weighted by molar-refractivity contribution is 7.90. The summed E-state index contributed by atoms with van der Waals surface area (Å²) in [7, 11) is -2.06. The molecule has 0 fully saturated rings. The third kappa shape index (κ3) is 4.79. The van der Waals surface area contributed by atoms with E-state index in [1.807, 2.05) is 0 Å². The Morgan fingerprint density at radius 3 is 2.53 bits per heavy atom. The molecule has 0 unspecified atom stereocenters. The van der Waals surface area contributed by atoms with Crippen LogP contribution in [0.25, 0.3) is 22.3 Å². The third-order valence-corrected chi connectivity index (χ3v) is 6.12. The van der Waals surface area contributed by atoms with E-state index in [2.05, 4.69) is 15.0 Å². The lowest BCUT2D eigenvalue weighted by Gasteiger charge is -2.19. The first-order chi connectivity index (χ1) is 16.2. The van der Waals surface area contributed by atoms with Crippen molar-refractivity contribution in [1.82, 2.24) is 19.5 Å². The number of sulfone groups is 1. The molecule has 1 atom stereocenters. The number of hydrogen-bond acceptors (Lipinski definition) is 7. The zero-order chi connectivity index (χ0) is 24.5. The maximum absolute atomic E-state index is 13.3. The molecule has 1 aromatic carbocycles. The number of aromatic nitrogens is 4. The van der Waals surface area contributed by atoms with Gasteiger partial charge in [0, 0.05) is 18.0 Å². The molecule has 0 aliphatic heterocycles. The van der Waals surface area contributed by atoms with Crippen LogP contribution in [0.15, 0.2) is 53.5 Å². The van der Waals surface area contributed by atoms with Crippen molar-refractivity contribution in [3.63, 3.8) is 0 Å². The lowest BCUT2D eigenvalue weighted by atomic mass is 10.1. The van der Waals surface area contributed by atoms with E-state index in [0.29, 0.717) is 29.1 Å². The molecule has 4 rings (SSSR count). The van der Waals surface area contributed by atoms with E-state index in [9.17, 15) is 17.6 Å². The van der Waals surface area contributed by atoms with Crippen molar-refractivity contribution in [2.24, 2.45) is 0 Å². The van der Waals surface area contributed by atoms with Crippen LogP contribution >= 0.6 is 0 Å². The highest BCUT2D eigenvalue weighted by atomic mass is 32.2. The maximum atomic E-state index is 13.3. The van der Waals surface area contributed by atoms with Gasteiger partial charge in [-0.3, -0.25) is 4.57 Å². The van der Waals surface area contributed by atoms with Gasteiger partial charge in [0.05, 0.1) is 36.7 Å². The second kappa shape index (κ2) is 9.26. The Balaban J connectivity index is 1.86. The smallest absolute Gasteiger partial charge is 0.328 e. The number of H-pyrrole nitrogens is 1. The molecule has 11 heteroatoms. The number of pyridine rings is 2. The molecule has 0 saturated heterocycles. The van der Waals surface area contributed by atoms with Crippen LogP contribution in [0.5, 0.6) is 11.6 Å². The van der Waals surface area contributed by atoms with E-state index in [0.717, 1.165) is 11.8 Å². The molecule has 0 radical (unpaired) electrons. The summed E-state index contributed by atoms with van der Waals surface area (Å²) in [6.45, 7) is 2.11. The zero-order valence-corrected chi connectivity index (χ0v) is 19.6. The second-order valence-corrected chi connectivity index (χ2v) is 9.87. The van der Waals surface area contributed by atoms with Crippen LogP contribution in [0.2, 0.25) is 0 Å². The molecule has 4 aromatic rings.